The molecule has 0 spiro atoms. The van der Waals surface area contributed by atoms with E-state index >= 15 is 0 Å². The van der Waals surface area contributed by atoms with Crippen molar-refractivity contribution in [3.05, 3.63) is 47.1 Å². The third-order valence-electron chi connectivity index (χ3n) is 5.62. The summed E-state index contributed by atoms with van der Waals surface area (Å²) >= 11 is 1.53. The zero-order valence-corrected chi connectivity index (χ0v) is 19.3. The summed E-state index contributed by atoms with van der Waals surface area (Å²) in [6.45, 7) is 5.99. The molecule has 7 nitrogen and oxygen atoms in total. The van der Waals surface area contributed by atoms with Crippen molar-refractivity contribution >= 4 is 27.0 Å². The van der Waals surface area contributed by atoms with Crippen LogP contribution in [0.3, 0.4) is 0 Å². The van der Waals surface area contributed by atoms with E-state index in [0.29, 0.717) is 31.1 Å². The van der Waals surface area contributed by atoms with Crippen LogP contribution in [0.2, 0.25) is 0 Å². The van der Waals surface area contributed by atoms with Gasteiger partial charge in [-0.25, -0.2) is 13.4 Å². The van der Waals surface area contributed by atoms with E-state index in [1.54, 1.807) is 17.5 Å². The minimum absolute atomic E-state index is 0.366. The number of sulfonamides is 1. The number of piperazine rings is 1. The first kappa shape index (κ1) is 20.9. The highest BCUT2D eigenvalue weighted by molar-refractivity contribution is 7.89. The zero-order chi connectivity index (χ0) is 21.5. The highest BCUT2D eigenvalue weighted by Crippen LogP contribution is 2.32. The number of aromatic nitrogens is 2. The maximum Gasteiger partial charge on any atom is 0.244 e. The third kappa shape index (κ3) is 3.73. The monoisotopic (exact) mass is 446 g/mol. The lowest BCUT2D eigenvalue weighted by molar-refractivity contribution is 0.384. The molecule has 2 aromatic heterocycles. The van der Waals surface area contributed by atoms with Gasteiger partial charge in [0.1, 0.15) is 15.7 Å². The van der Waals surface area contributed by atoms with E-state index in [2.05, 4.69) is 9.88 Å². The van der Waals surface area contributed by atoms with E-state index in [0.717, 1.165) is 33.5 Å². The van der Waals surface area contributed by atoms with Gasteiger partial charge in [0, 0.05) is 55.7 Å². The van der Waals surface area contributed by atoms with Crippen LogP contribution in [0.4, 0.5) is 5.69 Å². The number of methoxy groups -OCH3 is 1. The second kappa shape index (κ2) is 8.05. The maximum absolute atomic E-state index is 13.4. The van der Waals surface area contributed by atoms with Crippen molar-refractivity contribution in [2.24, 2.45) is 7.05 Å². The van der Waals surface area contributed by atoms with Crippen molar-refractivity contribution in [1.29, 1.82) is 0 Å². The molecule has 1 fully saturated rings. The molecule has 0 atom stereocenters. The van der Waals surface area contributed by atoms with Crippen LogP contribution >= 0.6 is 11.3 Å². The van der Waals surface area contributed by atoms with Gasteiger partial charge in [-0.15, -0.1) is 11.3 Å². The summed E-state index contributed by atoms with van der Waals surface area (Å²) in [4.78, 5) is 7.09. The second-order valence-corrected chi connectivity index (χ2v) is 10.2. The van der Waals surface area contributed by atoms with Gasteiger partial charge in [-0.05, 0) is 44.2 Å². The Balaban J connectivity index is 1.53. The molecular weight excluding hydrogens is 420 g/mol. The normalized spacial score (nSPS) is 15.5. The van der Waals surface area contributed by atoms with Crippen molar-refractivity contribution in [2.75, 3.05) is 38.2 Å². The molecule has 0 radical (unpaired) electrons. The molecule has 1 aliphatic heterocycles. The molecule has 0 saturated carbocycles. The van der Waals surface area contributed by atoms with E-state index in [-0.39, 0.29) is 0 Å². The number of rotatable bonds is 5. The van der Waals surface area contributed by atoms with Crippen LogP contribution in [0.15, 0.2) is 40.6 Å². The van der Waals surface area contributed by atoms with Gasteiger partial charge in [-0.2, -0.15) is 4.31 Å². The molecule has 3 heterocycles. The Bertz CT molecular complexity index is 1140. The molecule has 3 aromatic rings. The van der Waals surface area contributed by atoms with Crippen LogP contribution in [-0.4, -0.2) is 55.6 Å². The van der Waals surface area contributed by atoms with Gasteiger partial charge >= 0.3 is 0 Å². The Morgan fingerprint density at radius 2 is 1.73 bits per heavy atom. The van der Waals surface area contributed by atoms with E-state index in [9.17, 15) is 8.42 Å². The molecule has 4 rings (SSSR count). The minimum Gasteiger partial charge on any atom is -0.497 e. The Morgan fingerprint density at radius 3 is 2.30 bits per heavy atom. The van der Waals surface area contributed by atoms with Gasteiger partial charge in [0.25, 0.3) is 0 Å². The van der Waals surface area contributed by atoms with Gasteiger partial charge < -0.3 is 14.2 Å². The number of benzene rings is 1. The molecule has 0 aliphatic carbocycles. The third-order valence-corrected chi connectivity index (χ3v) is 8.62. The fourth-order valence-corrected chi connectivity index (χ4v) is 6.27. The molecule has 30 heavy (non-hydrogen) atoms. The molecule has 1 aliphatic rings. The minimum atomic E-state index is -3.57. The van der Waals surface area contributed by atoms with Gasteiger partial charge in [-0.1, -0.05) is 0 Å². The number of aryl methyl sites for hydroxylation is 1. The van der Waals surface area contributed by atoms with E-state index in [1.165, 1.54) is 11.3 Å². The van der Waals surface area contributed by atoms with Crippen molar-refractivity contribution in [3.8, 4) is 16.5 Å². The van der Waals surface area contributed by atoms with Crippen LogP contribution < -0.4 is 9.64 Å². The SMILES string of the molecule is COc1ccc(N2CCN(S(=O)(=O)c3cc(-c4nc(C)cs4)n(C)c3C)CC2)cc1. The average Bonchev–Trinajstić information content (AvgIpc) is 3.31. The predicted molar refractivity (Wildman–Crippen MR) is 120 cm³/mol. The molecule has 160 valence electrons. The summed E-state index contributed by atoms with van der Waals surface area (Å²) < 4.78 is 35.5. The van der Waals surface area contributed by atoms with Gasteiger partial charge in [0.05, 0.1) is 12.8 Å². The topological polar surface area (TPSA) is 67.7 Å². The summed E-state index contributed by atoms with van der Waals surface area (Å²) in [5, 5.41) is 2.81. The highest BCUT2D eigenvalue weighted by Gasteiger charge is 2.32. The van der Waals surface area contributed by atoms with Gasteiger partial charge in [0.15, 0.2) is 0 Å². The van der Waals surface area contributed by atoms with Crippen LogP contribution in [-0.2, 0) is 17.1 Å². The Hall–Kier alpha value is -2.36. The van der Waals surface area contributed by atoms with Crippen molar-refractivity contribution in [1.82, 2.24) is 13.9 Å². The molecule has 1 saturated heterocycles. The summed E-state index contributed by atoms with van der Waals surface area (Å²) in [5.74, 6) is 0.811. The first-order valence-corrected chi connectivity index (χ1v) is 12.1. The molecule has 0 N–H and O–H groups in total. The molecule has 0 bridgehead atoms. The largest absolute Gasteiger partial charge is 0.497 e. The van der Waals surface area contributed by atoms with Crippen molar-refractivity contribution in [2.45, 2.75) is 18.7 Å². The summed E-state index contributed by atoms with van der Waals surface area (Å²) in [6.07, 6.45) is 0. The van der Waals surface area contributed by atoms with Crippen LogP contribution in [0.1, 0.15) is 11.4 Å². The Morgan fingerprint density at radius 1 is 1.07 bits per heavy atom. The quantitative estimate of drug-likeness (QED) is 0.602. The lowest BCUT2D eigenvalue weighted by Gasteiger charge is -2.35. The number of nitrogens with zero attached hydrogens (tertiary/aromatic N) is 4. The van der Waals surface area contributed by atoms with Crippen molar-refractivity contribution < 1.29 is 13.2 Å². The summed E-state index contributed by atoms with van der Waals surface area (Å²) in [6, 6.07) is 9.62. The van der Waals surface area contributed by atoms with E-state index in [4.69, 9.17) is 4.74 Å². The molecule has 0 amide bonds. The fraction of sp³-hybridized carbons (Fsp3) is 0.381. The number of thiazole rings is 1. The second-order valence-electron chi connectivity index (χ2n) is 7.42. The van der Waals surface area contributed by atoms with E-state index < -0.39 is 10.0 Å². The van der Waals surface area contributed by atoms with E-state index in [1.807, 2.05) is 55.1 Å². The van der Waals surface area contributed by atoms with Crippen LogP contribution in [0, 0.1) is 13.8 Å². The summed E-state index contributed by atoms with van der Waals surface area (Å²) in [7, 11) is -0.0341. The number of hydrogen-bond donors (Lipinski definition) is 0. The Kier molecular flexibility index (Phi) is 5.61. The van der Waals surface area contributed by atoms with Crippen LogP contribution in [0.5, 0.6) is 5.75 Å². The highest BCUT2D eigenvalue weighted by atomic mass is 32.2. The standard InChI is InChI=1S/C21H26N4O3S2/c1-15-14-29-21(22-15)19-13-20(16(2)23(19)3)30(26,27)25-11-9-24(10-12-25)17-5-7-18(28-4)8-6-17/h5-8,13-14H,9-12H2,1-4H3. The number of hydrogen-bond acceptors (Lipinski definition) is 6. The smallest absolute Gasteiger partial charge is 0.244 e. The fourth-order valence-electron chi connectivity index (χ4n) is 3.73. The molecular formula is C21H26N4O3S2. The maximum atomic E-state index is 13.4. The lowest BCUT2D eigenvalue weighted by atomic mass is 10.2. The lowest BCUT2D eigenvalue weighted by Crippen LogP contribution is -2.48. The Labute approximate surface area is 181 Å². The zero-order valence-electron chi connectivity index (χ0n) is 17.6. The van der Waals surface area contributed by atoms with Crippen molar-refractivity contribution in [3.63, 3.8) is 0 Å². The predicted octanol–water partition coefficient (Wildman–Crippen LogP) is 3.28. The first-order valence-electron chi connectivity index (χ1n) is 9.79. The first-order chi connectivity index (χ1) is 14.3. The number of anilines is 1. The summed E-state index contributed by atoms with van der Waals surface area (Å²) in [5.41, 5.74) is 3.58. The molecule has 1 aromatic carbocycles. The van der Waals surface area contributed by atoms with Gasteiger partial charge in [-0.3, -0.25) is 0 Å². The average molecular weight is 447 g/mol. The van der Waals surface area contributed by atoms with Crippen LogP contribution in [0.25, 0.3) is 10.7 Å². The molecule has 0 unspecified atom stereocenters. The number of ether oxygens (including phenoxy) is 1. The molecule has 9 heteroatoms. The van der Waals surface area contributed by atoms with Gasteiger partial charge in [0.2, 0.25) is 10.0 Å².